The van der Waals surface area contributed by atoms with Gasteiger partial charge in [-0.3, -0.25) is 4.99 Å². The molecule has 4 heteroatoms. The summed E-state index contributed by atoms with van der Waals surface area (Å²) in [6.07, 6.45) is 0. The molecule has 0 aliphatic carbocycles. The van der Waals surface area contributed by atoms with Crippen molar-refractivity contribution in [3.05, 3.63) is 0 Å². The van der Waals surface area contributed by atoms with Crippen LogP contribution < -0.4 is 5.73 Å². The molecule has 1 fully saturated rings. The van der Waals surface area contributed by atoms with Gasteiger partial charge in [-0.05, 0) is 27.8 Å². The summed E-state index contributed by atoms with van der Waals surface area (Å²) in [5.74, 6) is 0.695. The Kier molecular flexibility index (Phi) is 3.75. The zero-order valence-electron chi connectivity index (χ0n) is 9.70. The second-order valence-electron chi connectivity index (χ2n) is 4.39. The third-order valence-corrected chi connectivity index (χ3v) is 2.52. The number of piperazine rings is 1. The molecule has 1 rings (SSSR count). The maximum Gasteiger partial charge on any atom is 0.191 e. The van der Waals surface area contributed by atoms with Crippen LogP contribution >= 0.6 is 0 Å². The molecule has 0 aromatic carbocycles. The molecule has 1 atom stereocenters. The Bertz CT molecular complexity index is 212. The van der Waals surface area contributed by atoms with E-state index >= 15 is 0 Å². The monoisotopic (exact) mass is 198 g/mol. The van der Waals surface area contributed by atoms with Crippen molar-refractivity contribution in [1.29, 1.82) is 0 Å². The highest BCUT2D eigenvalue weighted by Crippen LogP contribution is 2.07. The molecule has 0 bridgehead atoms. The number of aliphatic imine (C=N–C) groups is 1. The lowest BCUT2D eigenvalue weighted by Crippen LogP contribution is -2.55. The van der Waals surface area contributed by atoms with Crippen LogP contribution in [0.1, 0.15) is 20.8 Å². The molecular weight excluding hydrogens is 176 g/mol. The lowest BCUT2D eigenvalue weighted by molar-refractivity contribution is 0.160. The van der Waals surface area contributed by atoms with Crippen molar-refractivity contribution < 1.29 is 0 Å². The minimum Gasteiger partial charge on any atom is -0.370 e. The fourth-order valence-electron chi connectivity index (χ4n) is 1.82. The van der Waals surface area contributed by atoms with E-state index in [9.17, 15) is 0 Å². The van der Waals surface area contributed by atoms with E-state index in [1.807, 2.05) is 13.8 Å². The molecule has 82 valence electrons. The zero-order chi connectivity index (χ0) is 10.7. The minimum atomic E-state index is 0.279. The van der Waals surface area contributed by atoms with Crippen LogP contribution in [0.5, 0.6) is 0 Å². The Labute approximate surface area is 86.8 Å². The maximum atomic E-state index is 5.94. The van der Waals surface area contributed by atoms with Gasteiger partial charge in [0, 0.05) is 31.7 Å². The second-order valence-corrected chi connectivity index (χ2v) is 4.39. The van der Waals surface area contributed by atoms with Crippen molar-refractivity contribution in [3.63, 3.8) is 0 Å². The summed E-state index contributed by atoms with van der Waals surface area (Å²) >= 11 is 0. The Balaban J connectivity index is 2.60. The van der Waals surface area contributed by atoms with E-state index in [4.69, 9.17) is 5.73 Å². The van der Waals surface area contributed by atoms with Crippen molar-refractivity contribution >= 4 is 5.96 Å². The van der Waals surface area contributed by atoms with E-state index in [0.717, 1.165) is 19.6 Å². The van der Waals surface area contributed by atoms with Crippen LogP contribution in [0.15, 0.2) is 4.99 Å². The summed E-state index contributed by atoms with van der Waals surface area (Å²) < 4.78 is 0. The predicted molar refractivity (Wildman–Crippen MR) is 60.4 cm³/mol. The molecule has 0 aromatic heterocycles. The average Bonchev–Trinajstić information content (AvgIpc) is 2.01. The molecule has 0 aromatic rings. The molecular formula is C10H22N4. The van der Waals surface area contributed by atoms with Crippen LogP contribution in [0.25, 0.3) is 0 Å². The van der Waals surface area contributed by atoms with E-state index in [2.05, 4.69) is 28.8 Å². The maximum absolute atomic E-state index is 5.94. The number of hydrogen-bond acceptors (Lipinski definition) is 2. The smallest absolute Gasteiger partial charge is 0.191 e. The number of nitrogens with two attached hydrogens (primary N) is 1. The summed E-state index contributed by atoms with van der Waals surface area (Å²) in [6.45, 7) is 9.41. The molecule has 0 spiro atoms. The number of likely N-dealkylation sites (N-methyl/N-ethyl adjacent to an activating group) is 1. The largest absolute Gasteiger partial charge is 0.370 e. The third kappa shape index (κ3) is 2.87. The van der Waals surface area contributed by atoms with Crippen molar-refractivity contribution in [2.45, 2.75) is 32.9 Å². The van der Waals surface area contributed by atoms with Gasteiger partial charge < -0.3 is 15.5 Å². The summed E-state index contributed by atoms with van der Waals surface area (Å²) in [5, 5.41) is 0. The quantitative estimate of drug-likeness (QED) is 0.488. The Hall–Kier alpha value is -0.770. The highest BCUT2D eigenvalue weighted by atomic mass is 15.3. The Morgan fingerprint density at radius 1 is 1.43 bits per heavy atom. The van der Waals surface area contributed by atoms with Crippen LogP contribution in [-0.2, 0) is 0 Å². The minimum absolute atomic E-state index is 0.279. The molecule has 1 aliphatic heterocycles. The van der Waals surface area contributed by atoms with Gasteiger partial charge in [0.1, 0.15) is 0 Å². The molecule has 1 saturated heterocycles. The van der Waals surface area contributed by atoms with Gasteiger partial charge in [0.15, 0.2) is 5.96 Å². The van der Waals surface area contributed by atoms with Crippen molar-refractivity contribution in [1.82, 2.24) is 9.80 Å². The first kappa shape index (κ1) is 11.3. The molecule has 14 heavy (non-hydrogen) atoms. The fourth-order valence-corrected chi connectivity index (χ4v) is 1.82. The van der Waals surface area contributed by atoms with Crippen molar-refractivity contribution in [3.8, 4) is 0 Å². The van der Waals surface area contributed by atoms with Gasteiger partial charge in [-0.15, -0.1) is 0 Å². The first-order valence-electron chi connectivity index (χ1n) is 5.29. The molecule has 1 unspecified atom stereocenters. The molecule has 0 amide bonds. The third-order valence-electron chi connectivity index (χ3n) is 2.52. The second kappa shape index (κ2) is 4.64. The Morgan fingerprint density at radius 3 is 2.57 bits per heavy atom. The first-order valence-corrected chi connectivity index (χ1v) is 5.29. The number of nitrogens with zero attached hydrogens (tertiary/aromatic N) is 3. The first-order chi connectivity index (χ1) is 6.50. The van der Waals surface area contributed by atoms with E-state index < -0.39 is 0 Å². The van der Waals surface area contributed by atoms with Crippen LogP contribution in [0.4, 0.5) is 0 Å². The van der Waals surface area contributed by atoms with Gasteiger partial charge in [-0.25, -0.2) is 0 Å². The van der Waals surface area contributed by atoms with Crippen LogP contribution in [-0.4, -0.2) is 54.5 Å². The number of rotatable bonds is 1. The van der Waals surface area contributed by atoms with Crippen molar-refractivity contribution in [2.24, 2.45) is 10.7 Å². The number of hydrogen-bond donors (Lipinski definition) is 1. The van der Waals surface area contributed by atoms with Crippen LogP contribution in [0.3, 0.4) is 0 Å². The lowest BCUT2D eigenvalue weighted by Gasteiger charge is -2.39. The van der Waals surface area contributed by atoms with E-state index in [1.165, 1.54) is 0 Å². The van der Waals surface area contributed by atoms with Crippen molar-refractivity contribution in [2.75, 3.05) is 26.7 Å². The van der Waals surface area contributed by atoms with Gasteiger partial charge >= 0.3 is 0 Å². The molecule has 4 nitrogen and oxygen atoms in total. The Morgan fingerprint density at radius 2 is 2.07 bits per heavy atom. The summed E-state index contributed by atoms with van der Waals surface area (Å²) in [7, 11) is 2.14. The normalized spacial score (nSPS) is 25.9. The van der Waals surface area contributed by atoms with Gasteiger partial charge in [-0.2, -0.15) is 0 Å². The summed E-state index contributed by atoms with van der Waals surface area (Å²) in [5.41, 5.74) is 5.94. The van der Waals surface area contributed by atoms with E-state index in [0.29, 0.717) is 12.0 Å². The highest BCUT2D eigenvalue weighted by Gasteiger charge is 2.22. The van der Waals surface area contributed by atoms with Gasteiger partial charge in [-0.1, -0.05) is 0 Å². The SMILES string of the molecule is CC(C)N=C(N)N1CCN(C)CC1C. The molecule has 1 aliphatic rings. The fraction of sp³-hybridized carbons (Fsp3) is 0.900. The molecule has 2 N–H and O–H groups in total. The van der Waals surface area contributed by atoms with Gasteiger partial charge in [0.05, 0.1) is 0 Å². The average molecular weight is 198 g/mol. The van der Waals surface area contributed by atoms with Crippen LogP contribution in [0, 0.1) is 0 Å². The van der Waals surface area contributed by atoms with Gasteiger partial charge in [0.25, 0.3) is 0 Å². The van der Waals surface area contributed by atoms with E-state index in [-0.39, 0.29) is 6.04 Å². The standard InChI is InChI=1S/C10H22N4/c1-8(2)12-10(11)14-6-5-13(4)7-9(14)3/h8-9H,5-7H2,1-4H3,(H2,11,12). The summed E-state index contributed by atoms with van der Waals surface area (Å²) in [6, 6.07) is 0.748. The lowest BCUT2D eigenvalue weighted by atomic mass is 10.2. The number of guanidine groups is 1. The topological polar surface area (TPSA) is 44.9 Å². The van der Waals surface area contributed by atoms with E-state index in [1.54, 1.807) is 0 Å². The summed E-state index contributed by atoms with van der Waals surface area (Å²) in [4.78, 5) is 8.90. The highest BCUT2D eigenvalue weighted by molar-refractivity contribution is 5.78. The molecule has 0 saturated carbocycles. The molecule has 1 heterocycles. The molecule has 0 radical (unpaired) electrons. The predicted octanol–water partition coefficient (Wildman–Crippen LogP) is 0.345. The van der Waals surface area contributed by atoms with Gasteiger partial charge in [0.2, 0.25) is 0 Å². The van der Waals surface area contributed by atoms with Crippen LogP contribution in [0.2, 0.25) is 0 Å². The zero-order valence-corrected chi connectivity index (χ0v) is 9.70.